The molecule has 0 unspecified atom stereocenters. The van der Waals surface area contributed by atoms with Crippen LogP contribution < -0.4 is 0 Å². The molecule has 3 nitrogen and oxygen atoms in total. The third-order valence-corrected chi connectivity index (χ3v) is 5.82. The molecule has 152 valence electrons. The van der Waals surface area contributed by atoms with Crippen LogP contribution in [0.5, 0.6) is 0 Å². The summed E-state index contributed by atoms with van der Waals surface area (Å²) in [5, 5.41) is 2.67. The molecule has 0 atom stereocenters. The number of fused-ring (bicyclic) bond motifs is 3. The summed E-state index contributed by atoms with van der Waals surface area (Å²) in [5.74, 6) is 0.615. The number of nitrogens with zero attached hydrogens (tertiary/aromatic N) is 2. The van der Waals surface area contributed by atoms with Crippen LogP contribution in [-0.4, -0.2) is 9.97 Å². The second kappa shape index (κ2) is 7.63. The van der Waals surface area contributed by atoms with Crippen LogP contribution in [0.2, 0.25) is 5.15 Å². The highest BCUT2D eigenvalue weighted by atomic mass is 35.5. The summed E-state index contributed by atoms with van der Waals surface area (Å²) in [4.78, 5) is 9.13. The van der Waals surface area contributed by atoms with Crippen LogP contribution in [0.15, 0.2) is 108 Å². The number of rotatable bonds is 3. The molecule has 0 spiro atoms. The molecule has 0 amide bonds. The Bertz CT molecular complexity index is 1570. The molecule has 6 aromatic rings. The smallest absolute Gasteiger partial charge is 0.161 e. The summed E-state index contributed by atoms with van der Waals surface area (Å²) < 4.78 is 6.20. The van der Waals surface area contributed by atoms with Gasteiger partial charge < -0.3 is 4.42 Å². The minimum absolute atomic E-state index is 0.421. The van der Waals surface area contributed by atoms with E-state index in [4.69, 9.17) is 21.0 Å². The Kier molecular flexibility index (Phi) is 4.48. The maximum Gasteiger partial charge on any atom is 0.161 e. The number of aromatic nitrogens is 2. The van der Waals surface area contributed by atoms with Gasteiger partial charge in [-0.1, -0.05) is 103 Å². The molecule has 0 aliphatic carbocycles. The maximum absolute atomic E-state index is 6.32. The van der Waals surface area contributed by atoms with Gasteiger partial charge in [0, 0.05) is 33.5 Å². The van der Waals surface area contributed by atoms with Gasteiger partial charge >= 0.3 is 0 Å². The Morgan fingerprint density at radius 2 is 1.31 bits per heavy atom. The van der Waals surface area contributed by atoms with Gasteiger partial charge in [0.2, 0.25) is 0 Å². The number of hydrogen-bond acceptors (Lipinski definition) is 3. The maximum atomic E-state index is 6.32. The molecule has 0 saturated carbocycles. The normalized spacial score (nSPS) is 11.3. The Hall–Kier alpha value is -3.95. The van der Waals surface area contributed by atoms with Crippen LogP contribution in [0.25, 0.3) is 55.7 Å². The van der Waals surface area contributed by atoms with Crippen molar-refractivity contribution in [3.63, 3.8) is 0 Å². The first-order chi connectivity index (χ1) is 15.8. The Labute approximate surface area is 190 Å². The Morgan fingerprint density at radius 3 is 2.16 bits per heavy atom. The van der Waals surface area contributed by atoms with E-state index < -0.39 is 0 Å². The first-order valence-electron chi connectivity index (χ1n) is 10.4. The van der Waals surface area contributed by atoms with Crippen molar-refractivity contribution in [1.29, 1.82) is 0 Å². The van der Waals surface area contributed by atoms with E-state index in [1.807, 2.05) is 48.5 Å². The van der Waals surface area contributed by atoms with Crippen molar-refractivity contribution in [2.75, 3.05) is 0 Å². The first kappa shape index (κ1) is 18.8. The lowest BCUT2D eigenvalue weighted by molar-refractivity contribution is 0.670. The summed E-state index contributed by atoms with van der Waals surface area (Å²) in [6.07, 6.45) is 0. The summed E-state index contributed by atoms with van der Waals surface area (Å²) in [6.45, 7) is 0. The molecule has 6 rings (SSSR count). The molecule has 2 heterocycles. The minimum Gasteiger partial charge on any atom is -0.455 e. The van der Waals surface area contributed by atoms with Gasteiger partial charge in [-0.2, -0.15) is 0 Å². The van der Waals surface area contributed by atoms with Crippen molar-refractivity contribution in [3.05, 3.63) is 108 Å². The van der Waals surface area contributed by atoms with E-state index in [0.717, 1.165) is 49.9 Å². The van der Waals surface area contributed by atoms with Gasteiger partial charge in [-0.25, -0.2) is 9.97 Å². The van der Waals surface area contributed by atoms with Crippen molar-refractivity contribution < 1.29 is 4.42 Å². The average molecular weight is 433 g/mol. The summed E-state index contributed by atoms with van der Waals surface area (Å²) >= 11 is 6.32. The van der Waals surface area contributed by atoms with Gasteiger partial charge in [-0.05, 0) is 11.6 Å². The van der Waals surface area contributed by atoms with Gasteiger partial charge in [-0.3, -0.25) is 0 Å². The van der Waals surface area contributed by atoms with Crippen LogP contribution in [0.1, 0.15) is 0 Å². The van der Waals surface area contributed by atoms with Gasteiger partial charge in [0.05, 0.1) is 5.69 Å². The molecular weight excluding hydrogens is 416 g/mol. The Balaban J connectivity index is 1.42. The molecule has 0 aliphatic rings. The van der Waals surface area contributed by atoms with Gasteiger partial charge in [0.15, 0.2) is 5.82 Å². The minimum atomic E-state index is 0.421. The topological polar surface area (TPSA) is 38.9 Å². The van der Waals surface area contributed by atoms with E-state index in [2.05, 4.69) is 53.5 Å². The quantitative estimate of drug-likeness (QED) is 0.266. The fourth-order valence-electron chi connectivity index (χ4n) is 4.08. The van der Waals surface area contributed by atoms with Crippen molar-refractivity contribution in [3.8, 4) is 33.8 Å². The number of hydrogen-bond donors (Lipinski definition) is 0. The largest absolute Gasteiger partial charge is 0.455 e. The highest BCUT2D eigenvalue weighted by Crippen LogP contribution is 2.36. The zero-order chi connectivity index (χ0) is 21.5. The van der Waals surface area contributed by atoms with Gasteiger partial charge in [0.25, 0.3) is 0 Å². The molecule has 0 bridgehead atoms. The predicted octanol–water partition coefficient (Wildman–Crippen LogP) is 8.03. The molecular formula is C28H17ClN2O. The van der Waals surface area contributed by atoms with Gasteiger partial charge in [0.1, 0.15) is 16.3 Å². The van der Waals surface area contributed by atoms with E-state index in [9.17, 15) is 0 Å². The lowest BCUT2D eigenvalue weighted by Gasteiger charge is -2.07. The lowest BCUT2D eigenvalue weighted by Crippen LogP contribution is -1.93. The number of halogens is 1. The van der Waals surface area contributed by atoms with E-state index in [1.54, 1.807) is 6.07 Å². The number of furan rings is 1. The molecule has 0 aliphatic heterocycles. The third-order valence-electron chi connectivity index (χ3n) is 5.62. The zero-order valence-corrected chi connectivity index (χ0v) is 17.8. The summed E-state index contributed by atoms with van der Waals surface area (Å²) in [6, 6.07) is 34.4. The van der Waals surface area contributed by atoms with Crippen molar-refractivity contribution >= 4 is 33.5 Å². The molecule has 0 fully saturated rings. The average Bonchev–Trinajstić information content (AvgIpc) is 3.23. The van der Waals surface area contributed by atoms with Crippen molar-refractivity contribution in [2.24, 2.45) is 0 Å². The van der Waals surface area contributed by atoms with Crippen LogP contribution >= 0.6 is 11.6 Å². The van der Waals surface area contributed by atoms with Crippen LogP contribution in [0.4, 0.5) is 0 Å². The van der Waals surface area contributed by atoms with Crippen LogP contribution in [0, 0.1) is 0 Å². The van der Waals surface area contributed by atoms with Gasteiger partial charge in [-0.15, -0.1) is 0 Å². The third kappa shape index (κ3) is 3.24. The molecule has 2 aromatic heterocycles. The van der Waals surface area contributed by atoms with E-state index in [1.165, 1.54) is 0 Å². The lowest BCUT2D eigenvalue weighted by atomic mass is 10.0. The van der Waals surface area contributed by atoms with E-state index in [0.29, 0.717) is 11.0 Å². The van der Waals surface area contributed by atoms with Crippen molar-refractivity contribution in [2.45, 2.75) is 0 Å². The second-order valence-electron chi connectivity index (χ2n) is 7.62. The zero-order valence-electron chi connectivity index (χ0n) is 17.0. The first-order valence-corrected chi connectivity index (χ1v) is 10.8. The second-order valence-corrected chi connectivity index (χ2v) is 8.01. The molecule has 4 heteroatoms. The van der Waals surface area contributed by atoms with Crippen LogP contribution in [0.3, 0.4) is 0 Å². The standard InChI is InChI=1S/C28H17ClN2O/c29-26-17-24(30-28(31-26)20-7-2-1-3-8-20)19-15-13-18(14-16-19)21-10-6-11-23-22-9-4-5-12-25(22)32-27(21)23/h1-17H. The number of para-hydroxylation sites is 2. The Morgan fingerprint density at radius 1 is 0.594 bits per heavy atom. The number of benzene rings is 4. The predicted molar refractivity (Wildman–Crippen MR) is 131 cm³/mol. The molecule has 0 saturated heterocycles. The highest BCUT2D eigenvalue weighted by molar-refractivity contribution is 6.29. The van der Waals surface area contributed by atoms with Crippen molar-refractivity contribution in [1.82, 2.24) is 9.97 Å². The molecule has 0 N–H and O–H groups in total. The van der Waals surface area contributed by atoms with E-state index >= 15 is 0 Å². The SMILES string of the molecule is Clc1cc(-c2ccc(-c3cccc4c3oc3ccccc34)cc2)nc(-c2ccccc2)n1. The molecule has 4 aromatic carbocycles. The highest BCUT2D eigenvalue weighted by Gasteiger charge is 2.12. The summed E-state index contributed by atoms with van der Waals surface area (Å²) in [7, 11) is 0. The monoisotopic (exact) mass is 432 g/mol. The fraction of sp³-hybridized carbons (Fsp3) is 0. The van der Waals surface area contributed by atoms with E-state index in [-0.39, 0.29) is 0 Å². The molecule has 0 radical (unpaired) electrons. The van der Waals surface area contributed by atoms with Crippen LogP contribution in [-0.2, 0) is 0 Å². The summed E-state index contributed by atoms with van der Waals surface area (Å²) in [5.41, 5.74) is 6.65. The fourth-order valence-corrected chi connectivity index (χ4v) is 4.26. The molecule has 32 heavy (non-hydrogen) atoms.